The number of nitrogen functional groups attached to an aromatic ring is 1. The van der Waals surface area contributed by atoms with Crippen molar-refractivity contribution in [2.24, 2.45) is 0 Å². The van der Waals surface area contributed by atoms with Crippen molar-refractivity contribution in [2.75, 3.05) is 11.1 Å². The standard InChI is InChI=1S/C12H11ClFN3/c1-7-4-12(16-6-11(7)15)17-8-2-3-9(13)10(14)5-8/h2-6H,15H2,1H3,(H,16,17). The number of benzene rings is 1. The zero-order valence-electron chi connectivity index (χ0n) is 9.17. The van der Waals surface area contributed by atoms with Crippen LogP contribution in [0.1, 0.15) is 5.56 Å². The van der Waals surface area contributed by atoms with Gasteiger partial charge in [0.25, 0.3) is 0 Å². The van der Waals surface area contributed by atoms with Gasteiger partial charge in [-0.05, 0) is 36.8 Å². The number of halogens is 2. The predicted molar refractivity (Wildman–Crippen MR) is 68.1 cm³/mol. The number of nitrogens with one attached hydrogen (secondary N) is 1. The van der Waals surface area contributed by atoms with E-state index in [4.69, 9.17) is 17.3 Å². The number of anilines is 3. The first kappa shape index (κ1) is 11.7. The highest BCUT2D eigenvalue weighted by Gasteiger charge is 2.03. The summed E-state index contributed by atoms with van der Waals surface area (Å²) in [6, 6.07) is 6.28. The number of aryl methyl sites for hydroxylation is 1. The van der Waals surface area contributed by atoms with Gasteiger partial charge in [0.05, 0.1) is 16.9 Å². The fraction of sp³-hybridized carbons (Fsp3) is 0.0833. The Bertz CT molecular complexity index is 508. The Morgan fingerprint density at radius 2 is 2.12 bits per heavy atom. The summed E-state index contributed by atoms with van der Waals surface area (Å²) in [6.07, 6.45) is 1.56. The minimum absolute atomic E-state index is 0.0944. The van der Waals surface area contributed by atoms with E-state index in [1.807, 2.05) is 6.92 Å². The van der Waals surface area contributed by atoms with Crippen molar-refractivity contribution < 1.29 is 4.39 Å². The van der Waals surface area contributed by atoms with Crippen LogP contribution in [0.15, 0.2) is 30.5 Å². The number of aromatic nitrogens is 1. The van der Waals surface area contributed by atoms with E-state index >= 15 is 0 Å². The van der Waals surface area contributed by atoms with Crippen LogP contribution >= 0.6 is 11.6 Å². The molecule has 1 aromatic carbocycles. The second-order valence-corrected chi connectivity index (χ2v) is 4.09. The molecule has 3 nitrogen and oxygen atoms in total. The molecule has 2 rings (SSSR count). The van der Waals surface area contributed by atoms with Crippen molar-refractivity contribution in [1.82, 2.24) is 4.98 Å². The summed E-state index contributed by atoms with van der Waals surface area (Å²) < 4.78 is 13.2. The highest BCUT2D eigenvalue weighted by atomic mass is 35.5. The molecule has 0 amide bonds. The maximum atomic E-state index is 13.2. The lowest BCUT2D eigenvalue weighted by Crippen LogP contribution is -1.97. The van der Waals surface area contributed by atoms with Crippen LogP contribution in [0.5, 0.6) is 0 Å². The van der Waals surface area contributed by atoms with Gasteiger partial charge < -0.3 is 11.1 Å². The summed E-state index contributed by atoms with van der Waals surface area (Å²) in [6.45, 7) is 1.88. The van der Waals surface area contributed by atoms with Gasteiger partial charge in [-0.2, -0.15) is 0 Å². The lowest BCUT2D eigenvalue weighted by atomic mass is 10.2. The summed E-state index contributed by atoms with van der Waals surface area (Å²) in [4.78, 5) is 4.09. The van der Waals surface area contributed by atoms with Crippen LogP contribution in [0, 0.1) is 12.7 Å². The second-order valence-electron chi connectivity index (χ2n) is 3.68. The summed E-state index contributed by atoms with van der Waals surface area (Å²) in [5.41, 5.74) is 7.78. The minimum Gasteiger partial charge on any atom is -0.397 e. The molecule has 0 saturated carbocycles. The van der Waals surface area contributed by atoms with Crippen LogP contribution in [0.25, 0.3) is 0 Å². The number of hydrogen-bond acceptors (Lipinski definition) is 3. The summed E-state index contributed by atoms with van der Waals surface area (Å²) in [7, 11) is 0. The third-order valence-electron chi connectivity index (χ3n) is 2.34. The molecule has 0 radical (unpaired) electrons. The molecule has 1 aromatic heterocycles. The molecule has 0 atom stereocenters. The smallest absolute Gasteiger partial charge is 0.143 e. The Hall–Kier alpha value is -1.81. The number of nitrogens with two attached hydrogens (primary N) is 1. The number of pyridine rings is 1. The summed E-state index contributed by atoms with van der Waals surface area (Å²) in [5.74, 6) is 0.141. The van der Waals surface area contributed by atoms with E-state index < -0.39 is 5.82 Å². The van der Waals surface area contributed by atoms with E-state index in [1.165, 1.54) is 12.1 Å². The van der Waals surface area contributed by atoms with Crippen LogP contribution in [-0.2, 0) is 0 Å². The fourth-order valence-corrected chi connectivity index (χ4v) is 1.47. The Morgan fingerprint density at radius 1 is 1.35 bits per heavy atom. The number of rotatable bonds is 2. The van der Waals surface area contributed by atoms with Crippen molar-refractivity contribution >= 4 is 28.8 Å². The first-order chi connectivity index (χ1) is 8.06. The SMILES string of the molecule is Cc1cc(Nc2ccc(Cl)c(F)c2)ncc1N. The van der Waals surface area contributed by atoms with Crippen molar-refractivity contribution in [3.05, 3.63) is 46.9 Å². The molecule has 1 heterocycles. The molecule has 0 bridgehead atoms. The van der Waals surface area contributed by atoms with E-state index in [1.54, 1.807) is 18.3 Å². The maximum Gasteiger partial charge on any atom is 0.143 e. The molecule has 0 spiro atoms. The number of nitrogens with zero attached hydrogens (tertiary/aromatic N) is 1. The molecular formula is C12H11ClFN3. The van der Waals surface area contributed by atoms with E-state index in [0.29, 0.717) is 17.2 Å². The van der Waals surface area contributed by atoms with Gasteiger partial charge in [0.2, 0.25) is 0 Å². The largest absolute Gasteiger partial charge is 0.397 e. The van der Waals surface area contributed by atoms with Gasteiger partial charge >= 0.3 is 0 Å². The molecule has 88 valence electrons. The van der Waals surface area contributed by atoms with Gasteiger partial charge in [0.1, 0.15) is 11.6 Å². The Labute approximate surface area is 103 Å². The molecule has 0 saturated heterocycles. The van der Waals surface area contributed by atoms with Gasteiger partial charge in [-0.3, -0.25) is 0 Å². The lowest BCUT2D eigenvalue weighted by Gasteiger charge is -2.08. The van der Waals surface area contributed by atoms with Gasteiger partial charge in [-0.25, -0.2) is 9.37 Å². The number of hydrogen-bond donors (Lipinski definition) is 2. The third kappa shape index (κ3) is 2.65. The molecule has 0 unspecified atom stereocenters. The zero-order chi connectivity index (χ0) is 12.4. The average molecular weight is 252 g/mol. The topological polar surface area (TPSA) is 50.9 Å². The van der Waals surface area contributed by atoms with E-state index in [-0.39, 0.29) is 5.02 Å². The summed E-state index contributed by atoms with van der Waals surface area (Å²) in [5, 5.41) is 3.07. The Balaban J connectivity index is 2.25. The Morgan fingerprint density at radius 3 is 2.76 bits per heavy atom. The van der Waals surface area contributed by atoms with Crippen molar-refractivity contribution in [1.29, 1.82) is 0 Å². The first-order valence-electron chi connectivity index (χ1n) is 5.00. The minimum atomic E-state index is -0.469. The maximum absolute atomic E-state index is 13.2. The van der Waals surface area contributed by atoms with Crippen LogP contribution in [-0.4, -0.2) is 4.98 Å². The molecule has 0 aliphatic heterocycles. The fourth-order valence-electron chi connectivity index (χ4n) is 1.36. The highest BCUT2D eigenvalue weighted by molar-refractivity contribution is 6.30. The first-order valence-corrected chi connectivity index (χ1v) is 5.38. The predicted octanol–water partition coefficient (Wildman–Crippen LogP) is 3.51. The van der Waals surface area contributed by atoms with Gasteiger partial charge in [0.15, 0.2) is 0 Å². The normalized spacial score (nSPS) is 10.3. The molecule has 5 heteroatoms. The molecule has 3 N–H and O–H groups in total. The van der Waals surface area contributed by atoms with Gasteiger partial charge in [-0.15, -0.1) is 0 Å². The van der Waals surface area contributed by atoms with Crippen LogP contribution in [0.2, 0.25) is 5.02 Å². The van der Waals surface area contributed by atoms with Crippen molar-refractivity contribution in [3.63, 3.8) is 0 Å². The van der Waals surface area contributed by atoms with E-state index in [9.17, 15) is 4.39 Å². The van der Waals surface area contributed by atoms with E-state index in [2.05, 4.69) is 10.3 Å². The molecule has 2 aromatic rings. The average Bonchev–Trinajstić information content (AvgIpc) is 2.29. The molecule has 0 aliphatic carbocycles. The molecule has 0 fully saturated rings. The second kappa shape index (κ2) is 4.59. The lowest BCUT2D eigenvalue weighted by molar-refractivity contribution is 0.629. The van der Waals surface area contributed by atoms with Gasteiger partial charge in [-0.1, -0.05) is 11.6 Å². The van der Waals surface area contributed by atoms with Crippen LogP contribution < -0.4 is 11.1 Å². The van der Waals surface area contributed by atoms with Crippen LogP contribution in [0.4, 0.5) is 21.6 Å². The van der Waals surface area contributed by atoms with Gasteiger partial charge in [0, 0.05) is 5.69 Å². The molecule has 17 heavy (non-hydrogen) atoms. The van der Waals surface area contributed by atoms with Crippen molar-refractivity contribution in [3.8, 4) is 0 Å². The third-order valence-corrected chi connectivity index (χ3v) is 2.65. The molecular weight excluding hydrogens is 241 g/mol. The van der Waals surface area contributed by atoms with E-state index in [0.717, 1.165) is 5.56 Å². The molecule has 0 aliphatic rings. The zero-order valence-corrected chi connectivity index (χ0v) is 9.92. The van der Waals surface area contributed by atoms with Crippen LogP contribution in [0.3, 0.4) is 0 Å². The monoisotopic (exact) mass is 251 g/mol. The Kier molecular flexibility index (Phi) is 3.15. The van der Waals surface area contributed by atoms with Crippen molar-refractivity contribution in [2.45, 2.75) is 6.92 Å². The quantitative estimate of drug-likeness (QED) is 0.859. The highest BCUT2D eigenvalue weighted by Crippen LogP contribution is 2.22. The summed E-state index contributed by atoms with van der Waals surface area (Å²) >= 11 is 5.59.